The van der Waals surface area contributed by atoms with Crippen LogP contribution in [0.2, 0.25) is 0 Å². The van der Waals surface area contributed by atoms with Crippen LogP contribution in [0.25, 0.3) is 0 Å². The van der Waals surface area contributed by atoms with Gasteiger partial charge in [0.2, 0.25) is 0 Å². The lowest BCUT2D eigenvalue weighted by molar-refractivity contribution is 0.998. The van der Waals surface area contributed by atoms with E-state index < -0.39 is 0 Å². The van der Waals surface area contributed by atoms with Crippen LogP contribution in [-0.2, 0) is 12.8 Å². The van der Waals surface area contributed by atoms with Crippen LogP contribution in [0.4, 0.5) is 0 Å². The van der Waals surface area contributed by atoms with E-state index in [0.29, 0.717) is 5.69 Å². The van der Waals surface area contributed by atoms with E-state index in [1.54, 1.807) is 6.20 Å². The van der Waals surface area contributed by atoms with E-state index in [2.05, 4.69) is 24.9 Å². The third-order valence-electron chi connectivity index (χ3n) is 1.99. The quantitative estimate of drug-likeness (QED) is 0.664. The molecule has 0 saturated carbocycles. The number of nitrogens with zero attached hydrogens (tertiary/aromatic N) is 2. The van der Waals surface area contributed by atoms with Crippen LogP contribution in [0.15, 0.2) is 12.3 Å². The number of aryl methyl sites for hydroxylation is 1. The van der Waals surface area contributed by atoms with Crippen molar-refractivity contribution in [3.63, 3.8) is 0 Å². The summed E-state index contributed by atoms with van der Waals surface area (Å²) in [5.74, 6) is 0. The van der Waals surface area contributed by atoms with Crippen molar-refractivity contribution < 1.29 is 0 Å². The highest BCUT2D eigenvalue weighted by molar-refractivity contribution is 5.37. The first-order valence-electron chi connectivity index (χ1n) is 4.20. The fraction of sp³-hybridized carbons (Fsp3) is 0.400. The summed E-state index contributed by atoms with van der Waals surface area (Å²) in [5.41, 5.74) is 2.92. The molecule has 1 rings (SSSR count). The largest absolute Gasteiger partial charge is 0.245 e. The standard InChI is InChI=1S/C10H12N2/c1-3-8-5-6-12-10(7-11)9(8)4-2/h5-6H,3-4H2,1-2H3. The number of hydrogen-bond donors (Lipinski definition) is 0. The first-order chi connectivity index (χ1) is 5.83. The van der Waals surface area contributed by atoms with Crippen molar-refractivity contribution in [3.8, 4) is 6.07 Å². The summed E-state index contributed by atoms with van der Waals surface area (Å²) in [6.07, 6.45) is 3.57. The normalized spacial score (nSPS) is 9.42. The van der Waals surface area contributed by atoms with Gasteiger partial charge in [0.1, 0.15) is 11.8 Å². The van der Waals surface area contributed by atoms with Gasteiger partial charge in [-0.05, 0) is 30.0 Å². The van der Waals surface area contributed by atoms with E-state index in [1.807, 2.05) is 6.07 Å². The Bertz CT molecular complexity index is 310. The van der Waals surface area contributed by atoms with Crippen LogP contribution in [0, 0.1) is 11.3 Å². The molecule has 0 amide bonds. The summed E-state index contributed by atoms with van der Waals surface area (Å²) < 4.78 is 0. The molecule has 0 aliphatic heterocycles. The Labute approximate surface area is 72.9 Å². The van der Waals surface area contributed by atoms with Crippen molar-refractivity contribution in [2.75, 3.05) is 0 Å². The van der Waals surface area contributed by atoms with Crippen LogP contribution < -0.4 is 0 Å². The van der Waals surface area contributed by atoms with Crippen LogP contribution in [0.3, 0.4) is 0 Å². The molecule has 1 heterocycles. The SMILES string of the molecule is CCc1ccnc(C#N)c1CC. The molecule has 0 unspecified atom stereocenters. The molecule has 0 fully saturated rings. The Morgan fingerprint density at radius 3 is 2.67 bits per heavy atom. The molecule has 0 aromatic carbocycles. The molecule has 1 aromatic heterocycles. The average Bonchev–Trinajstić information content (AvgIpc) is 2.16. The second-order valence-electron chi connectivity index (χ2n) is 2.62. The van der Waals surface area contributed by atoms with Gasteiger partial charge >= 0.3 is 0 Å². The summed E-state index contributed by atoms with van der Waals surface area (Å²) in [4.78, 5) is 4.02. The zero-order valence-corrected chi connectivity index (χ0v) is 7.46. The highest BCUT2D eigenvalue weighted by atomic mass is 14.7. The summed E-state index contributed by atoms with van der Waals surface area (Å²) in [5, 5.41) is 8.76. The van der Waals surface area contributed by atoms with E-state index in [1.165, 1.54) is 5.56 Å². The van der Waals surface area contributed by atoms with Crippen molar-refractivity contribution in [1.82, 2.24) is 4.98 Å². The van der Waals surface area contributed by atoms with Crippen LogP contribution in [0.1, 0.15) is 30.7 Å². The molecule has 2 nitrogen and oxygen atoms in total. The molecule has 0 saturated heterocycles. The first kappa shape index (κ1) is 8.73. The second-order valence-corrected chi connectivity index (χ2v) is 2.62. The van der Waals surface area contributed by atoms with Crippen molar-refractivity contribution in [3.05, 3.63) is 29.1 Å². The van der Waals surface area contributed by atoms with Gasteiger partial charge in [-0.15, -0.1) is 0 Å². The molecule has 0 radical (unpaired) electrons. The van der Waals surface area contributed by atoms with Gasteiger partial charge in [0.15, 0.2) is 0 Å². The van der Waals surface area contributed by atoms with E-state index in [0.717, 1.165) is 18.4 Å². The third kappa shape index (κ3) is 1.45. The molecule has 0 N–H and O–H groups in total. The zero-order chi connectivity index (χ0) is 8.97. The predicted octanol–water partition coefficient (Wildman–Crippen LogP) is 2.08. The fourth-order valence-corrected chi connectivity index (χ4v) is 1.35. The van der Waals surface area contributed by atoms with Gasteiger partial charge < -0.3 is 0 Å². The summed E-state index contributed by atoms with van der Waals surface area (Å²) in [7, 11) is 0. The number of pyridine rings is 1. The maximum absolute atomic E-state index is 8.76. The highest BCUT2D eigenvalue weighted by Gasteiger charge is 2.04. The molecule has 0 bridgehead atoms. The molecular weight excluding hydrogens is 148 g/mol. The van der Waals surface area contributed by atoms with Gasteiger partial charge in [-0.25, -0.2) is 4.98 Å². The third-order valence-corrected chi connectivity index (χ3v) is 1.99. The van der Waals surface area contributed by atoms with Gasteiger partial charge in [0.05, 0.1) is 0 Å². The summed E-state index contributed by atoms with van der Waals surface area (Å²) in [6.45, 7) is 4.15. The molecule has 12 heavy (non-hydrogen) atoms. The van der Waals surface area contributed by atoms with Gasteiger partial charge in [0.25, 0.3) is 0 Å². The minimum atomic E-state index is 0.580. The molecule has 2 heteroatoms. The van der Waals surface area contributed by atoms with E-state index >= 15 is 0 Å². The van der Waals surface area contributed by atoms with Crippen molar-refractivity contribution in [2.24, 2.45) is 0 Å². The van der Waals surface area contributed by atoms with E-state index in [4.69, 9.17) is 5.26 Å². The van der Waals surface area contributed by atoms with Crippen molar-refractivity contribution in [2.45, 2.75) is 26.7 Å². The lowest BCUT2D eigenvalue weighted by atomic mass is 10.0. The van der Waals surface area contributed by atoms with E-state index in [-0.39, 0.29) is 0 Å². The predicted molar refractivity (Wildman–Crippen MR) is 47.7 cm³/mol. The van der Waals surface area contributed by atoms with Gasteiger partial charge in [-0.2, -0.15) is 5.26 Å². The topological polar surface area (TPSA) is 36.7 Å². The van der Waals surface area contributed by atoms with Gasteiger partial charge in [0, 0.05) is 6.20 Å². The molecule has 62 valence electrons. The molecular formula is C10H12N2. The second kappa shape index (κ2) is 3.87. The van der Waals surface area contributed by atoms with Crippen molar-refractivity contribution in [1.29, 1.82) is 5.26 Å². The minimum absolute atomic E-state index is 0.580. The van der Waals surface area contributed by atoms with Crippen LogP contribution in [0.5, 0.6) is 0 Å². The Balaban J connectivity index is 3.24. The van der Waals surface area contributed by atoms with Crippen LogP contribution >= 0.6 is 0 Å². The average molecular weight is 160 g/mol. The number of nitriles is 1. The monoisotopic (exact) mass is 160 g/mol. The van der Waals surface area contributed by atoms with Gasteiger partial charge in [-0.3, -0.25) is 0 Å². The smallest absolute Gasteiger partial charge is 0.143 e. The Kier molecular flexibility index (Phi) is 2.82. The maximum Gasteiger partial charge on any atom is 0.143 e. The summed E-state index contributed by atoms with van der Waals surface area (Å²) >= 11 is 0. The maximum atomic E-state index is 8.76. The Hall–Kier alpha value is -1.36. The Morgan fingerprint density at radius 2 is 2.17 bits per heavy atom. The lowest BCUT2D eigenvalue weighted by Crippen LogP contribution is -1.97. The van der Waals surface area contributed by atoms with Gasteiger partial charge in [-0.1, -0.05) is 13.8 Å². The first-order valence-corrected chi connectivity index (χ1v) is 4.20. The zero-order valence-electron chi connectivity index (χ0n) is 7.46. The molecule has 0 atom stereocenters. The molecule has 0 aliphatic rings. The lowest BCUT2D eigenvalue weighted by Gasteiger charge is -2.05. The Morgan fingerprint density at radius 1 is 1.42 bits per heavy atom. The van der Waals surface area contributed by atoms with E-state index in [9.17, 15) is 0 Å². The molecule has 0 spiro atoms. The number of aromatic nitrogens is 1. The van der Waals surface area contributed by atoms with Crippen molar-refractivity contribution >= 4 is 0 Å². The van der Waals surface area contributed by atoms with Crippen LogP contribution in [-0.4, -0.2) is 4.98 Å². The highest BCUT2D eigenvalue weighted by Crippen LogP contribution is 2.12. The summed E-state index contributed by atoms with van der Waals surface area (Å²) in [6, 6.07) is 4.10. The molecule has 1 aromatic rings. The number of rotatable bonds is 2. The molecule has 0 aliphatic carbocycles. The number of hydrogen-bond acceptors (Lipinski definition) is 2. The minimum Gasteiger partial charge on any atom is -0.245 e. The fourth-order valence-electron chi connectivity index (χ4n) is 1.35.